The minimum Gasteiger partial charge on any atom is -0.207 e. The summed E-state index contributed by atoms with van der Waals surface area (Å²) in [5.74, 6) is -0.374. The third kappa shape index (κ3) is 6.67. The van der Waals surface area contributed by atoms with Crippen molar-refractivity contribution in [2.75, 3.05) is 26.2 Å². The summed E-state index contributed by atoms with van der Waals surface area (Å²) in [5.41, 5.74) is 5.51. The third-order valence-corrected chi connectivity index (χ3v) is 8.23. The molecule has 0 unspecified atom stereocenters. The molecule has 0 radical (unpaired) electrons. The molecule has 0 bridgehead atoms. The zero-order valence-electron chi connectivity index (χ0n) is 20.9. The van der Waals surface area contributed by atoms with E-state index in [0.29, 0.717) is 5.92 Å². The monoisotopic (exact) mass is 493 g/mol. The molecule has 0 atom stereocenters. The van der Waals surface area contributed by atoms with Crippen molar-refractivity contribution in [1.29, 1.82) is 0 Å². The molecule has 0 N–H and O–H groups in total. The molecule has 3 aromatic carbocycles. The van der Waals surface area contributed by atoms with E-state index in [1.807, 2.05) is 36.4 Å². The summed E-state index contributed by atoms with van der Waals surface area (Å²) in [5, 5.41) is 0. The summed E-state index contributed by atoms with van der Waals surface area (Å²) in [6.45, 7) is 6.89. The molecule has 35 heavy (non-hydrogen) atoms. The zero-order valence-corrected chi connectivity index (χ0v) is 21.8. The fraction of sp³-hybridized carbons (Fsp3) is 0.333. The van der Waals surface area contributed by atoms with Crippen LogP contribution in [0.2, 0.25) is 0 Å². The lowest BCUT2D eigenvalue weighted by atomic mass is 9.34. The van der Waals surface area contributed by atoms with Gasteiger partial charge in [0.2, 0.25) is 6.71 Å². The van der Waals surface area contributed by atoms with Gasteiger partial charge in [-0.3, -0.25) is 0 Å². The second kappa shape index (κ2) is 11.2. The predicted molar refractivity (Wildman–Crippen MR) is 147 cm³/mol. The lowest BCUT2D eigenvalue weighted by Gasteiger charge is -2.32. The molecule has 0 heterocycles. The second-order valence-corrected chi connectivity index (χ2v) is 15.7. The second-order valence-electron chi connectivity index (χ2n) is 10.8. The predicted octanol–water partition coefficient (Wildman–Crippen LogP) is 7.19. The van der Waals surface area contributed by atoms with Gasteiger partial charge in [0, 0.05) is 27.3 Å². The summed E-state index contributed by atoms with van der Waals surface area (Å²) in [4.78, 5) is 0. The van der Waals surface area contributed by atoms with E-state index in [0.717, 1.165) is 35.5 Å². The Labute approximate surface area is 209 Å². The Morgan fingerprint density at radius 2 is 1.11 bits per heavy atom. The molecule has 5 heteroatoms. The minimum atomic E-state index is -1.21. The summed E-state index contributed by atoms with van der Waals surface area (Å²) >= 11 is 0. The Kier molecular flexibility index (Phi) is 8.22. The quantitative estimate of drug-likeness (QED) is 0.241. The highest BCUT2D eigenvalue weighted by molar-refractivity contribution is 7.74. The van der Waals surface area contributed by atoms with Crippen LogP contribution in [0.15, 0.2) is 78.4 Å². The normalized spacial score (nSPS) is 15.6. The number of halogens is 3. The SMILES string of the molecule is C[P+](C)(C)C/C(=C(\B(c1ccc(F)cc1)c1ccc(F)cc1)c1ccc(F)cc1)C1CCCCC1. The highest BCUT2D eigenvalue weighted by atomic mass is 31.2. The first-order valence-electron chi connectivity index (χ1n) is 12.5. The van der Waals surface area contributed by atoms with Crippen molar-refractivity contribution in [2.45, 2.75) is 32.1 Å². The van der Waals surface area contributed by atoms with Gasteiger partial charge in [-0.15, -0.1) is 0 Å². The molecule has 0 aromatic heterocycles. The van der Waals surface area contributed by atoms with Crippen LogP contribution < -0.4 is 10.9 Å². The van der Waals surface area contributed by atoms with Crippen LogP contribution in [0.3, 0.4) is 0 Å². The van der Waals surface area contributed by atoms with Crippen LogP contribution in [-0.4, -0.2) is 32.9 Å². The van der Waals surface area contributed by atoms with Crippen molar-refractivity contribution in [2.24, 2.45) is 5.92 Å². The Bertz CT molecular complexity index is 1090. The van der Waals surface area contributed by atoms with Crippen LogP contribution in [0, 0.1) is 23.4 Å². The maximum atomic E-state index is 14.0. The Morgan fingerprint density at radius 1 is 0.686 bits per heavy atom. The molecule has 0 amide bonds. The third-order valence-electron chi connectivity index (χ3n) is 6.94. The van der Waals surface area contributed by atoms with Crippen molar-refractivity contribution in [1.82, 2.24) is 0 Å². The van der Waals surface area contributed by atoms with Gasteiger partial charge in [-0.25, -0.2) is 13.2 Å². The van der Waals surface area contributed by atoms with Gasteiger partial charge in [0.25, 0.3) is 0 Å². The Balaban J connectivity index is 2.02. The molecule has 0 spiro atoms. The molecular weight excluding hydrogens is 459 g/mol. The van der Waals surface area contributed by atoms with E-state index in [-0.39, 0.29) is 24.2 Å². The van der Waals surface area contributed by atoms with Gasteiger partial charge in [0.05, 0.1) is 6.16 Å². The van der Waals surface area contributed by atoms with Gasteiger partial charge < -0.3 is 0 Å². The standard InChI is InChI=1S/C30H34BF3P/c1-35(2,3)21-29(22-7-5-4-6-8-22)30(23-9-15-26(32)16-10-23)31(24-11-17-27(33)18-12-24)25-13-19-28(34)20-14-25/h9-20,22H,4-8,21H2,1-3H3/q+1/b30-29+. The molecule has 1 aliphatic rings. The number of hydrogen-bond acceptors (Lipinski definition) is 0. The van der Waals surface area contributed by atoms with Crippen LogP contribution >= 0.6 is 7.26 Å². The minimum absolute atomic E-state index is 0.204. The highest BCUT2D eigenvalue weighted by Gasteiger charge is 2.34. The lowest BCUT2D eigenvalue weighted by molar-refractivity contribution is 0.405. The van der Waals surface area contributed by atoms with Gasteiger partial charge in [0.15, 0.2) is 0 Å². The highest BCUT2D eigenvalue weighted by Crippen LogP contribution is 2.52. The fourth-order valence-corrected chi connectivity index (χ4v) is 6.85. The van der Waals surface area contributed by atoms with Crippen molar-refractivity contribution in [3.63, 3.8) is 0 Å². The summed E-state index contributed by atoms with van der Waals surface area (Å²) < 4.78 is 41.9. The van der Waals surface area contributed by atoms with Gasteiger partial charge in [0.1, 0.15) is 17.5 Å². The average molecular weight is 493 g/mol. The number of benzene rings is 3. The number of allylic oxidation sites excluding steroid dienone is 1. The molecule has 3 aromatic rings. The Hall–Kier alpha value is -2.32. The van der Waals surface area contributed by atoms with Gasteiger partial charge in [-0.2, -0.15) is 0 Å². The molecule has 4 rings (SSSR count). The van der Waals surface area contributed by atoms with E-state index in [1.54, 1.807) is 0 Å². The van der Waals surface area contributed by atoms with Crippen LogP contribution in [-0.2, 0) is 0 Å². The zero-order chi connectivity index (χ0) is 25.0. The number of hydrogen-bond donors (Lipinski definition) is 0. The van der Waals surface area contributed by atoms with E-state index in [2.05, 4.69) is 20.0 Å². The smallest absolute Gasteiger partial charge is 0.207 e. The van der Waals surface area contributed by atoms with Gasteiger partial charge in [-0.05, 0) is 66.3 Å². The van der Waals surface area contributed by atoms with E-state index in [4.69, 9.17) is 0 Å². The molecule has 0 saturated heterocycles. The largest absolute Gasteiger partial charge is 0.242 e. The first-order valence-corrected chi connectivity index (χ1v) is 15.8. The fourth-order valence-electron chi connectivity index (χ4n) is 5.40. The maximum absolute atomic E-state index is 14.0. The average Bonchev–Trinajstić information content (AvgIpc) is 2.84. The van der Waals surface area contributed by atoms with Crippen LogP contribution in [0.4, 0.5) is 13.2 Å². The van der Waals surface area contributed by atoms with E-state index < -0.39 is 7.26 Å². The topological polar surface area (TPSA) is 0 Å². The lowest BCUT2D eigenvalue weighted by Crippen LogP contribution is -2.45. The maximum Gasteiger partial charge on any atom is 0.242 e. The van der Waals surface area contributed by atoms with Crippen molar-refractivity contribution in [3.8, 4) is 0 Å². The molecule has 182 valence electrons. The van der Waals surface area contributed by atoms with Gasteiger partial charge >= 0.3 is 0 Å². The summed E-state index contributed by atoms with van der Waals surface area (Å²) in [7, 11) is -1.21. The van der Waals surface area contributed by atoms with Crippen LogP contribution in [0.5, 0.6) is 0 Å². The van der Waals surface area contributed by atoms with Gasteiger partial charge in [-0.1, -0.05) is 72.1 Å². The van der Waals surface area contributed by atoms with E-state index in [1.165, 1.54) is 66.7 Å². The van der Waals surface area contributed by atoms with E-state index in [9.17, 15) is 13.2 Å². The first kappa shape index (κ1) is 25.8. The molecule has 0 nitrogen and oxygen atoms in total. The van der Waals surface area contributed by atoms with E-state index >= 15 is 0 Å². The molecule has 1 saturated carbocycles. The van der Waals surface area contributed by atoms with Crippen LogP contribution in [0.25, 0.3) is 5.47 Å². The molecule has 1 aliphatic carbocycles. The number of rotatable bonds is 7. The Morgan fingerprint density at radius 3 is 1.54 bits per heavy atom. The molecular formula is C30H34BF3P+. The van der Waals surface area contributed by atoms with Crippen molar-refractivity contribution < 1.29 is 13.2 Å². The first-order chi connectivity index (χ1) is 16.7. The molecule has 1 fully saturated rings. The summed E-state index contributed by atoms with van der Waals surface area (Å²) in [6, 6.07) is 20.1. The summed E-state index contributed by atoms with van der Waals surface area (Å²) in [6.07, 6.45) is 7.01. The van der Waals surface area contributed by atoms with Crippen LogP contribution in [0.1, 0.15) is 37.7 Å². The molecule has 0 aliphatic heterocycles. The van der Waals surface area contributed by atoms with Crippen molar-refractivity contribution >= 4 is 30.4 Å². The van der Waals surface area contributed by atoms with Crippen molar-refractivity contribution in [3.05, 3.63) is 101 Å².